The van der Waals surface area contributed by atoms with Crippen LogP contribution in [0.1, 0.15) is 5.56 Å². The van der Waals surface area contributed by atoms with Crippen molar-refractivity contribution in [3.05, 3.63) is 33.6 Å². The van der Waals surface area contributed by atoms with E-state index in [2.05, 4.69) is 5.10 Å². The Morgan fingerprint density at radius 2 is 1.90 bits per heavy atom. The van der Waals surface area contributed by atoms with Crippen molar-refractivity contribution < 1.29 is 22.5 Å². The number of nitro benzene ring substituents is 1. The Morgan fingerprint density at radius 1 is 1.33 bits per heavy atom. The molecule has 0 bridgehead atoms. The highest BCUT2D eigenvalue weighted by molar-refractivity contribution is 6.10. The van der Waals surface area contributed by atoms with Crippen molar-refractivity contribution in [1.29, 1.82) is 10.5 Å². The average Bonchev–Trinajstić information content (AvgIpc) is 2.39. The molecule has 0 atom stereocenters. The van der Waals surface area contributed by atoms with Gasteiger partial charge in [-0.3, -0.25) is 15.5 Å². The molecule has 0 aromatic heterocycles. The Labute approximate surface area is 113 Å². The number of nitrogens with one attached hydrogen (secondary N) is 1. The second-order valence-corrected chi connectivity index (χ2v) is 3.40. The number of nitriles is 2. The lowest BCUT2D eigenvalue weighted by molar-refractivity contribution is -0.384. The van der Waals surface area contributed by atoms with Crippen LogP contribution >= 0.6 is 0 Å². The summed E-state index contributed by atoms with van der Waals surface area (Å²) in [5.74, 6) is -1.83. The molecular weight excluding hydrogens is 298 g/mol. The van der Waals surface area contributed by atoms with Gasteiger partial charge < -0.3 is 0 Å². The van der Waals surface area contributed by atoms with Crippen LogP contribution in [0.4, 0.5) is 28.9 Å². The van der Waals surface area contributed by atoms with Gasteiger partial charge in [0.25, 0.3) is 5.69 Å². The van der Waals surface area contributed by atoms with Crippen molar-refractivity contribution in [1.82, 2.24) is 0 Å². The maximum atomic E-state index is 13.2. The van der Waals surface area contributed by atoms with E-state index < -0.39 is 39.6 Å². The molecule has 0 radical (unpaired) electrons. The molecule has 1 aromatic carbocycles. The smallest absolute Gasteiger partial charge is 0.270 e. The fourth-order valence-corrected chi connectivity index (χ4v) is 1.21. The quantitative estimate of drug-likeness (QED) is 0.398. The maximum Gasteiger partial charge on any atom is 0.419 e. The van der Waals surface area contributed by atoms with E-state index in [0.29, 0.717) is 0 Å². The van der Waals surface area contributed by atoms with Gasteiger partial charge in [0.2, 0.25) is 5.71 Å². The highest BCUT2D eigenvalue weighted by Crippen LogP contribution is 2.37. The number of nitro groups is 1. The van der Waals surface area contributed by atoms with Crippen LogP contribution in [0, 0.1) is 38.6 Å². The van der Waals surface area contributed by atoms with Crippen molar-refractivity contribution in [3.8, 4) is 12.1 Å². The van der Waals surface area contributed by atoms with Crippen LogP contribution < -0.4 is 5.43 Å². The van der Waals surface area contributed by atoms with Crippen molar-refractivity contribution >= 4 is 17.1 Å². The molecule has 0 aliphatic carbocycles. The van der Waals surface area contributed by atoms with Gasteiger partial charge in [0, 0.05) is 0 Å². The first-order valence-corrected chi connectivity index (χ1v) is 4.89. The molecule has 0 unspecified atom stereocenters. The number of alkyl halides is 3. The predicted molar refractivity (Wildman–Crippen MR) is 60.3 cm³/mol. The van der Waals surface area contributed by atoms with Crippen LogP contribution in [0.2, 0.25) is 0 Å². The van der Waals surface area contributed by atoms with Gasteiger partial charge in [-0.1, -0.05) is 0 Å². The third kappa shape index (κ3) is 3.63. The summed E-state index contributed by atoms with van der Waals surface area (Å²) in [6.45, 7) is 0. The summed E-state index contributed by atoms with van der Waals surface area (Å²) in [7, 11) is 0. The first kappa shape index (κ1) is 15.8. The van der Waals surface area contributed by atoms with Crippen molar-refractivity contribution in [3.63, 3.8) is 0 Å². The second kappa shape index (κ2) is 5.83. The largest absolute Gasteiger partial charge is 0.419 e. The van der Waals surface area contributed by atoms with E-state index in [9.17, 15) is 27.7 Å². The molecule has 0 aliphatic heterocycles. The third-order valence-electron chi connectivity index (χ3n) is 2.09. The molecule has 1 rings (SSSR count). The molecule has 0 fully saturated rings. The minimum Gasteiger partial charge on any atom is -0.270 e. The van der Waals surface area contributed by atoms with Gasteiger partial charge in [-0.05, 0) is 6.07 Å². The first-order chi connectivity index (χ1) is 9.70. The van der Waals surface area contributed by atoms with E-state index >= 15 is 0 Å². The summed E-state index contributed by atoms with van der Waals surface area (Å²) in [6.07, 6.45) is -5.08. The fraction of sp³-hybridized carbons (Fsp3) is 0.100. The van der Waals surface area contributed by atoms with E-state index in [1.165, 1.54) is 12.1 Å². The van der Waals surface area contributed by atoms with E-state index in [1.54, 1.807) is 5.43 Å². The summed E-state index contributed by atoms with van der Waals surface area (Å²) in [4.78, 5) is 9.52. The Bertz CT molecular complexity index is 683. The molecule has 0 saturated carbocycles. The molecule has 21 heavy (non-hydrogen) atoms. The molecule has 0 spiro atoms. The summed E-state index contributed by atoms with van der Waals surface area (Å²) < 4.78 is 50.8. The van der Waals surface area contributed by atoms with Gasteiger partial charge in [-0.15, -0.1) is 0 Å². The highest BCUT2D eigenvalue weighted by atomic mass is 19.4. The monoisotopic (exact) mass is 301 g/mol. The number of benzene rings is 1. The van der Waals surface area contributed by atoms with Gasteiger partial charge in [0.15, 0.2) is 0 Å². The van der Waals surface area contributed by atoms with E-state index in [0.717, 1.165) is 0 Å². The zero-order chi connectivity index (χ0) is 16.2. The Kier molecular flexibility index (Phi) is 4.40. The van der Waals surface area contributed by atoms with Crippen LogP contribution in [0.25, 0.3) is 0 Å². The Hall–Kier alpha value is -3.21. The normalized spacial score (nSPS) is 10.2. The number of hydrogen-bond donors (Lipinski definition) is 1. The van der Waals surface area contributed by atoms with Gasteiger partial charge in [0.05, 0.1) is 16.6 Å². The molecule has 7 nitrogen and oxygen atoms in total. The van der Waals surface area contributed by atoms with Crippen LogP contribution in [0.15, 0.2) is 17.2 Å². The predicted octanol–water partition coefficient (Wildman–Crippen LogP) is 2.57. The number of hydrazone groups is 1. The fourth-order valence-electron chi connectivity index (χ4n) is 1.21. The lowest BCUT2D eigenvalue weighted by Crippen LogP contribution is -2.10. The zero-order valence-corrected chi connectivity index (χ0v) is 9.77. The standard InChI is InChI=1S/C10H3F4N5O2/c11-7-2-9(19(20)21)8(1-6(7)10(12,13)14)18-17-5(3-15)4-16/h1-2,18H. The van der Waals surface area contributed by atoms with Crippen molar-refractivity contribution in [2.75, 3.05) is 5.43 Å². The van der Waals surface area contributed by atoms with Crippen LogP contribution in [0.3, 0.4) is 0 Å². The Morgan fingerprint density at radius 3 is 2.33 bits per heavy atom. The molecule has 0 heterocycles. The summed E-state index contributed by atoms with van der Waals surface area (Å²) in [5.41, 5.74) is -2.59. The van der Waals surface area contributed by atoms with Crippen LogP contribution in [-0.2, 0) is 6.18 Å². The average molecular weight is 301 g/mol. The van der Waals surface area contributed by atoms with Crippen LogP contribution in [-0.4, -0.2) is 10.6 Å². The Balaban J connectivity index is 3.42. The maximum absolute atomic E-state index is 13.2. The number of rotatable bonds is 3. The number of nitrogens with zero attached hydrogens (tertiary/aromatic N) is 4. The second-order valence-electron chi connectivity index (χ2n) is 3.40. The lowest BCUT2D eigenvalue weighted by atomic mass is 10.1. The molecular formula is C10H3F4N5O2. The highest BCUT2D eigenvalue weighted by Gasteiger charge is 2.36. The van der Waals surface area contributed by atoms with Gasteiger partial charge in [-0.2, -0.15) is 28.8 Å². The molecule has 11 heteroatoms. The van der Waals surface area contributed by atoms with E-state index in [-0.39, 0.29) is 12.1 Å². The van der Waals surface area contributed by atoms with Crippen molar-refractivity contribution in [2.45, 2.75) is 6.18 Å². The van der Waals surface area contributed by atoms with Crippen LogP contribution in [0.5, 0.6) is 0 Å². The van der Waals surface area contributed by atoms with Gasteiger partial charge >= 0.3 is 6.18 Å². The number of halogens is 4. The third-order valence-corrected chi connectivity index (χ3v) is 2.09. The minimum atomic E-state index is -5.08. The molecule has 108 valence electrons. The van der Waals surface area contributed by atoms with Crippen molar-refractivity contribution in [2.24, 2.45) is 5.10 Å². The van der Waals surface area contributed by atoms with E-state index in [1.807, 2.05) is 0 Å². The lowest BCUT2D eigenvalue weighted by Gasteiger charge is -2.10. The molecule has 0 amide bonds. The topological polar surface area (TPSA) is 115 Å². The first-order valence-electron chi connectivity index (χ1n) is 4.89. The summed E-state index contributed by atoms with van der Waals surface area (Å²) in [6, 6.07) is 2.77. The van der Waals surface area contributed by atoms with Gasteiger partial charge in [-0.25, -0.2) is 4.39 Å². The SMILES string of the molecule is N#CC(C#N)=NNc1cc(C(F)(F)F)c(F)cc1[N+](=O)[O-]. The molecule has 0 aliphatic rings. The zero-order valence-electron chi connectivity index (χ0n) is 9.77. The molecule has 0 saturated heterocycles. The minimum absolute atomic E-state index is 0.0686. The summed E-state index contributed by atoms with van der Waals surface area (Å²) >= 11 is 0. The number of hydrogen-bond acceptors (Lipinski definition) is 6. The summed E-state index contributed by atoms with van der Waals surface area (Å²) in [5, 5.41) is 30.5. The molecule has 1 N–H and O–H groups in total. The van der Waals surface area contributed by atoms with Gasteiger partial charge in [0.1, 0.15) is 23.6 Å². The van der Waals surface area contributed by atoms with E-state index in [4.69, 9.17) is 10.5 Å². The molecule has 1 aromatic rings. The number of anilines is 1.